The van der Waals surface area contributed by atoms with Gasteiger partial charge in [-0.05, 0) is 34.9 Å². The van der Waals surface area contributed by atoms with Crippen molar-refractivity contribution >= 4 is 15.9 Å². The molecular formula is C15H9BrF6. The number of alkyl halides is 7. The summed E-state index contributed by atoms with van der Waals surface area (Å²) in [7, 11) is 0. The normalized spacial score (nSPS) is 12.5. The minimum Gasteiger partial charge on any atom is -0.166 e. The van der Waals surface area contributed by atoms with E-state index in [9.17, 15) is 26.3 Å². The van der Waals surface area contributed by atoms with Crippen molar-refractivity contribution < 1.29 is 26.3 Å². The van der Waals surface area contributed by atoms with Gasteiger partial charge >= 0.3 is 12.4 Å². The molecule has 7 heteroatoms. The third kappa shape index (κ3) is 3.63. The van der Waals surface area contributed by atoms with Gasteiger partial charge < -0.3 is 0 Å². The number of rotatable bonds is 2. The van der Waals surface area contributed by atoms with Gasteiger partial charge in [0.05, 0.1) is 11.1 Å². The molecule has 0 saturated carbocycles. The van der Waals surface area contributed by atoms with Gasteiger partial charge in [0.25, 0.3) is 0 Å². The zero-order valence-corrected chi connectivity index (χ0v) is 12.5. The summed E-state index contributed by atoms with van der Waals surface area (Å²) in [5.41, 5.74) is -1.94. The summed E-state index contributed by atoms with van der Waals surface area (Å²) >= 11 is 3.06. The van der Waals surface area contributed by atoms with Crippen LogP contribution in [0.3, 0.4) is 0 Å². The van der Waals surface area contributed by atoms with Crippen LogP contribution < -0.4 is 0 Å². The molecule has 22 heavy (non-hydrogen) atoms. The number of halogens is 7. The second-order valence-electron chi connectivity index (χ2n) is 4.59. The van der Waals surface area contributed by atoms with Crippen LogP contribution in [0.1, 0.15) is 16.7 Å². The Hall–Kier alpha value is -1.50. The minimum absolute atomic E-state index is 0.122. The molecule has 0 radical (unpaired) electrons. The van der Waals surface area contributed by atoms with E-state index in [0.29, 0.717) is 5.56 Å². The van der Waals surface area contributed by atoms with Gasteiger partial charge in [0.1, 0.15) is 0 Å². The molecule has 2 aromatic rings. The van der Waals surface area contributed by atoms with Crippen LogP contribution in [0.5, 0.6) is 0 Å². The second-order valence-corrected chi connectivity index (χ2v) is 5.15. The SMILES string of the molecule is FC(F)(F)c1cccc(-c2ccc(CBr)cc2C(F)(F)F)c1. The summed E-state index contributed by atoms with van der Waals surface area (Å²) in [5, 5.41) is 0.221. The summed E-state index contributed by atoms with van der Waals surface area (Å²) < 4.78 is 77.6. The van der Waals surface area contributed by atoms with Gasteiger partial charge in [0.15, 0.2) is 0 Å². The van der Waals surface area contributed by atoms with Crippen molar-refractivity contribution in [2.24, 2.45) is 0 Å². The molecule has 0 aromatic heterocycles. The summed E-state index contributed by atoms with van der Waals surface area (Å²) in [5.74, 6) is 0. The molecule has 0 fully saturated rings. The van der Waals surface area contributed by atoms with Crippen molar-refractivity contribution in [2.45, 2.75) is 17.7 Å². The molecule has 0 atom stereocenters. The second kappa shape index (κ2) is 5.95. The lowest BCUT2D eigenvalue weighted by atomic mass is 9.96. The first-order chi connectivity index (χ1) is 10.1. The summed E-state index contributed by atoms with van der Waals surface area (Å²) in [4.78, 5) is 0. The Labute approximate surface area is 130 Å². The number of hydrogen-bond donors (Lipinski definition) is 0. The lowest BCUT2D eigenvalue weighted by molar-refractivity contribution is -0.137. The van der Waals surface area contributed by atoms with E-state index in [4.69, 9.17) is 0 Å². The van der Waals surface area contributed by atoms with E-state index in [0.717, 1.165) is 24.3 Å². The fourth-order valence-corrected chi connectivity index (χ4v) is 2.37. The highest BCUT2D eigenvalue weighted by molar-refractivity contribution is 9.08. The average Bonchev–Trinajstić information content (AvgIpc) is 2.45. The van der Waals surface area contributed by atoms with Crippen LogP contribution in [0.4, 0.5) is 26.3 Å². The molecule has 0 nitrogen and oxygen atoms in total. The molecule has 0 aliphatic heterocycles. The quantitative estimate of drug-likeness (QED) is 0.423. The summed E-state index contributed by atoms with van der Waals surface area (Å²) in [6.45, 7) is 0. The molecule has 0 spiro atoms. The smallest absolute Gasteiger partial charge is 0.166 e. The monoisotopic (exact) mass is 382 g/mol. The van der Waals surface area contributed by atoms with Gasteiger partial charge in [-0.1, -0.05) is 40.2 Å². The van der Waals surface area contributed by atoms with Crippen molar-refractivity contribution in [3.05, 3.63) is 59.2 Å². The molecule has 0 aliphatic rings. The van der Waals surface area contributed by atoms with Crippen LogP contribution in [-0.4, -0.2) is 0 Å². The first kappa shape index (κ1) is 16.9. The molecule has 0 saturated heterocycles. The van der Waals surface area contributed by atoms with E-state index in [1.807, 2.05) is 0 Å². The van der Waals surface area contributed by atoms with E-state index < -0.39 is 23.5 Å². The predicted molar refractivity (Wildman–Crippen MR) is 74.5 cm³/mol. The lowest BCUT2D eigenvalue weighted by Gasteiger charge is -2.15. The third-order valence-electron chi connectivity index (χ3n) is 3.04. The molecule has 2 aromatic carbocycles. The van der Waals surface area contributed by atoms with Crippen molar-refractivity contribution in [1.82, 2.24) is 0 Å². The van der Waals surface area contributed by atoms with Crippen molar-refractivity contribution in [2.75, 3.05) is 0 Å². The maximum atomic E-state index is 13.1. The standard InChI is InChI=1S/C15H9BrF6/c16-8-9-4-5-12(13(6-9)15(20,21)22)10-2-1-3-11(7-10)14(17,18)19/h1-7H,8H2. The van der Waals surface area contributed by atoms with Crippen LogP contribution in [-0.2, 0) is 17.7 Å². The molecule has 2 rings (SSSR count). The first-order valence-electron chi connectivity index (χ1n) is 6.06. The van der Waals surface area contributed by atoms with Crippen LogP contribution >= 0.6 is 15.9 Å². The largest absolute Gasteiger partial charge is 0.417 e. The van der Waals surface area contributed by atoms with Gasteiger partial charge in [-0.15, -0.1) is 0 Å². The minimum atomic E-state index is -4.65. The van der Waals surface area contributed by atoms with Crippen molar-refractivity contribution in [3.8, 4) is 11.1 Å². The van der Waals surface area contributed by atoms with Gasteiger partial charge in [-0.2, -0.15) is 26.3 Å². The number of hydrogen-bond acceptors (Lipinski definition) is 0. The highest BCUT2D eigenvalue weighted by Crippen LogP contribution is 2.39. The van der Waals surface area contributed by atoms with E-state index >= 15 is 0 Å². The molecule has 118 valence electrons. The van der Waals surface area contributed by atoms with Gasteiger partial charge in [0.2, 0.25) is 0 Å². The average molecular weight is 383 g/mol. The fourth-order valence-electron chi connectivity index (χ4n) is 2.02. The molecule has 0 unspecified atom stereocenters. The van der Waals surface area contributed by atoms with Crippen LogP contribution in [0, 0.1) is 0 Å². The predicted octanol–water partition coefficient (Wildman–Crippen LogP) is 6.29. The Morgan fingerprint density at radius 2 is 1.50 bits per heavy atom. The van der Waals surface area contributed by atoms with E-state index in [2.05, 4.69) is 15.9 Å². The Kier molecular flexibility index (Phi) is 4.56. The molecule has 0 aliphatic carbocycles. The molecule has 0 heterocycles. The van der Waals surface area contributed by atoms with Crippen molar-refractivity contribution in [1.29, 1.82) is 0 Å². The van der Waals surface area contributed by atoms with Crippen LogP contribution in [0.2, 0.25) is 0 Å². The van der Waals surface area contributed by atoms with E-state index in [-0.39, 0.29) is 16.5 Å². The number of benzene rings is 2. The van der Waals surface area contributed by atoms with Crippen LogP contribution in [0.25, 0.3) is 11.1 Å². The zero-order chi connectivity index (χ0) is 16.5. The summed E-state index contributed by atoms with van der Waals surface area (Å²) in [6, 6.07) is 7.44. The first-order valence-corrected chi connectivity index (χ1v) is 7.19. The van der Waals surface area contributed by atoms with Gasteiger partial charge in [-0.25, -0.2) is 0 Å². The Bertz CT molecular complexity index is 672. The van der Waals surface area contributed by atoms with Gasteiger partial charge in [-0.3, -0.25) is 0 Å². The molecular weight excluding hydrogens is 374 g/mol. The molecule has 0 N–H and O–H groups in total. The third-order valence-corrected chi connectivity index (χ3v) is 3.69. The maximum absolute atomic E-state index is 13.1. The fraction of sp³-hybridized carbons (Fsp3) is 0.200. The van der Waals surface area contributed by atoms with E-state index in [1.54, 1.807) is 0 Å². The van der Waals surface area contributed by atoms with Gasteiger partial charge in [0, 0.05) is 5.33 Å². The Morgan fingerprint density at radius 1 is 0.818 bits per heavy atom. The van der Waals surface area contributed by atoms with Crippen LogP contribution in [0.15, 0.2) is 42.5 Å². The topological polar surface area (TPSA) is 0 Å². The highest BCUT2D eigenvalue weighted by atomic mass is 79.9. The highest BCUT2D eigenvalue weighted by Gasteiger charge is 2.35. The maximum Gasteiger partial charge on any atom is 0.417 e. The Balaban J connectivity index is 2.62. The van der Waals surface area contributed by atoms with E-state index in [1.165, 1.54) is 18.2 Å². The van der Waals surface area contributed by atoms with Crippen molar-refractivity contribution in [3.63, 3.8) is 0 Å². The Morgan fingerprint density at radius 3 is 2.05 bits per heavy atom. The zero-order valence-electron chi connectivity index (χ0n) is 10.9. The lowest BCUT2D eigenvalue weighted by Crippen LogP contribution is -2.09. The molecule has 0 bridgehead atoms. The summed E-state index contributed by atoms with van der Waals surface area (Å²) in [6.07, 6.45) is -9.26. The molecule has 0 amide bonds.